The van der Waals surface area contributed by atoms with Gasteiger partial charge in [0.2, 0.25) is 10.0 Å². The van der Waals surface area contributed by atoms with Gasteiger partial charge in [-0.1, -0.05) is 0 Å². The quantitative estimate of drug-likeness (QED) is 0.889. The Bertz CT molecular complexity index is 541. The van der Waals surface area contributed by atoms with Crippen molar-refractivity contribution >= 4 is 10.0 Å². The molecule has 0 amide bonds. The molecule has 19 heavy (non-hydrogen) atoms. The van der Waals surface area contributed by atoms with E-state index in [9.17, 15) is 12.8 Å². The third-order valence-electron chi connectivity index (χ3n) is 2.95. The summed E-state index contributed by atoms with van der Waals surface area (Å²) >= 11 is 0. The van der Waals surface area contributed by atoms with Gasteiger partial charge in [0.25, 0.3) is 0 Å². The van der Waals surface area contributed by atoms with Crippen LogP contribution in [0.4, 0.5) is 4.39 Å². The predicted octanol–water partition coefficient (Wildman–Crippen LogP) is 1.42. The molecule has 5 nitrogen and oxygen atoms in total. The maximum Gasteiger partial charge on any atom is 0.238 e. The number of rotatable bonds is 5. The highest BCUT2D eigenvalue weighted by molar-refractivity contribution is 7.89. The van der Waals surface area contributed by atoms with Crippen LogP contribution in [0.3, 0.4) is 0 Å². The molecule has 0 bridgehead atoms. The lowest BCUT2D eigenvalue weighted by Gasteiger charge is -2.11. The Morgan fingerprint density at radius 3 is 2.84 bits per heavy atom. The minimum atomic E-state index is -3.89. The summed E-state index contributed by atoms with van der Waals surface area (Å²) in [5.74, 6) is -0.718. The van der Waals surface area contributed by atoms with E-state index in [4.69, 9.17) is 14.6 Å². The summed E-state index contributed by atoms with van der Waals surface area (Å²) in [5, 5.41) is 4.91. The van der Waals surface area contributed by atoms with E-state index in [1.807, 2.05) is 0 Å². The zero-order chi connectivity index (χ0) is 13.9. The first-order chi connectivity index (χ1) is 8.97. The molecule has 2 N–H and O–H groups in total. The van der Waals surface area contributed by atoms with E-state index >= 15 is 0 Å². The molecule has 0 radical (unpaired) electrons. The van der Waals surface area contributed by atoms with Crippen molar-refractivity contribution in [1.82, 2.24) is 0 Å². The summed E-state index contributed by atoms with van der Waals surface area (Å²) in [6, 6.07) is 3.35. The molecule has 0 spiro atoms. The average molecular weight is 289 g/mol. The van der Waals surface area contributed by atoms with Crippen LogP contribution in [0.1, 0.15) is 19.3 Å². The molecule has 1 saturated heterocycles. The van der Waals surface area contributed by atoms with Crippen molar-refractivity contribution in [1.29, 1.82) is 0 Å². The number of sulfonamides is 1. The van der Waals surface area contributed by atoms with Crippen LogP contribution in [0.5, 0.6) is 5.75 Å². The zero-order valence-corrected chi connectivity index (χ0v) is 11.2. The number of primary sulfonamides is 1. The van der Waals surface area contributed by atoms with Gasteiger partial charge in [-0.3, -0.25) is 0 Å². The second-order valence-electron chi connectivity index (χ2n) is 4.41. The van der Waals surface area contributed by atoms with E-state index < -0.39 is 15.8 Å². The molecule has 0 aromatic heterocycles. The van der Waals surface area contributed by atoms with E-state index in [-0.39, 0.29) is 16.7 Å². The van der Waals surface area contributed by atoms with Crippen LogP contribution in [0.25, 0.3) is 0 Å². The monoisotopic (exact) mass is 289 g/mol. The SMILES string of the molecule is NS(=O)(=O)c1ccc(OCCC2CCCO2)c(F)c1. The summed E-state index contributed by atoms with van der Waals surface area (Å²) in [5.41, 5.74) is 0. The van der Waals surface area contributed by atoms with Crippen molar-refractivity contribution < 1.29 is 22.3 Å². The molecule has 1 aliphatic heterocycles. The molecule has 1 aromatic carbocycles. The van der Waals surface area contributed by atoms with Crippen molar-refractivity contribution in [3.8, 4) is 5.75 Å². The second kappa shape index (κ2) is 5.85. The second-order valence-corrected chi connectivity index (χ2v) is 5.97. The Balaban J connectivity index is 1.93. The lowest BCUT2D eigenvalue weighted by molar-refractivity contribution is 0.0897. The first-order valence-electron chi connectivity index (χ1n) is 6.03. The van der Waals surface area contributed by atoms with Gasteiger partial charge in [0.1, 0.15) is 0 Å². The fourth-order valence-corrected chi connectivity index (χ4v) is 2.47. The lowest BCUT2D eigenvalue weighted by Crippen LogP contribution is -2.13. The Labute approximate surface area is 111 Å². The molecule has 7 heteroatoms. The normalized spacial score (nSPS) is 19.6. The predicted molar refractivity (Wildman–Crippen MR) is 66.9 cm³/mol. The molecule has 1 unspecified atom stereocenters. The van der Waals surface area contributed by atoms with E-state index in [0.717, 1.165) is 25.5 Å². The fraction of sp³-hybridized carbons (Fsp3) is 0.500. The van der Waals surface area contributed by atoms with Crippen molar-refractivity contribution in [2.75, 3.05) is 13.2 Å². The van der Waals surface area contributed by atoms with Crippen molar-refractivity contribution in [2.24, 2.45) is 5.14 Å². The van der Waals surface area contributed by atoms with Gasteiger partial charge in [-0.2, -0.15) is 0 Å². The van der Waals surface area contributed by atoms with Gasteiger partial charge in [-0.15, -0.1) is 0 Å². The van der Waals surface area contributed by atoms with E-state index in [1.165, 1.54) is 12.1 Å². The molecule has 1 atom stereocenters. The van der Waals surface area contributed by atoms with Gasteiger partial charge in [0.15, 0.2) is 11.6 Å². The van der Waals surface area contributed by atoms with Crippen molar-refractivity contribution in [3.63, 3.8) is 0 Å². The Hall–Kier alpha value is -1.18. The molecule has 2 rings (SSSR count). The van der Waals surface area contributed by atoms with Crippen LogP contribution in [0.2, 0.25) is 0 Å². The van der Waals surface area contributed by atoms with Crippen LogP contribution < -0.4 is 9.88 Å². The van der Waals surface area contributed by atoms with E-state index in [0.29, 0.717) is 13.0 Å². The van der Waals surface area contributed by atoms with Crippen molar-refractivity contribution in [3.05, 3.63) is 24.0 Å². The summed E-state index contributed by atoms with van der Waals surface area (Å²) in [6.07, 6.45) is 2.90. The van der Waals surface area contributed by atoms with Crippen LogP contribution >= 0.6 is 0 Å². The molecule has 1 aromatic rings. The highest BCUT2D eigenvalue weighted by Crippen LogP contribution is 2.21. The largest absolute Gasteiger partial charge is 0.490 e. The van der Waals surface area contributed by atoms with Gasteiger partial charge in [0.05, 0.1) is 17.6 Å². The summed E-state index contributed by atoms with van der Waals surface area (Å²) < 4.78 is 46.4. The molecular formula is C12H16FNO4S. The molecule has 0 saturated carbocycles. The number of halogens is 1. The van der Waals surface area contributed by atoms with Crippen LogP contribution in [-0.4, -0.2) is 27.7 Å². The Morgan fingerprint density at radius 2 is 2.26 bits per heavy atom. The van der Waals surface area contributed by atoms with Gasteiger partial charge in [0, 0.05) is 13.0 Å². The first kappa shape index (κ1) is 14.2. The highest BCUT2D eigenvalue weighted by atomic mass is 32.2. The Kier molecular flexibility index (Phi) is 4.38. The standard InChI is InChI=1S/C12H16FNO4S/c13-11-8-10(19(14,15)16)3-4-12(11)18-7-5-9-2-1-6-17-9/h3-4,8-9H,1-2,5-7H2,(H2,14,15,16). The van der Waals surface area contributed by atoms with Crippen LogP contribution in [0, 0.1) is 5.82 Å². The topological polar surface area (TPSA) is 78.6 Å². The molecular weight excluding hydrogens is 273 g/mol. The van der Waals surface area contributed by atoms with Crippen molar-refractivity contribution in [2.45, 2.75) is 30.3 Å². The fourth-order valence-electron chi connectivity index (χ4n) is 1.95. The number of benzene rings is 1. The summed E-state index contributed by atoms with van der Waals surface area (Å²) in [4.78, 5) is -0.267. The summed E-state index contributed by atoms with van der Waals surface area (Å²) in [6.45, 7) is 1.10. The number of hydrogen-bond acceptors (Lipinski definition) is 4. The third-order valence-corrected chi connectivity index (χ3v) is 3.86. The average Bonchev–Trinajstić information content (AvgIpc) is 2.83. The van der Waals surface area contributed by atoms with E-state index in [2.05, 4.69) is 0 Å². The van der Waals surface area contributed by atoms with Gasteiger partial charge in [-0.05, 0) is 31.0 Å². The third kappa shape index (κ3) is 3.89. The molecule has 1 aliphatic rings. The maximum atomic E-state index is 13.6. The first-order valence-corrected chi connectivity index (χ1v) is 7.58. The molecule has 106 valence electrons. The molecule has 0 aliphatic carbocycles. The van der Waals surface area contributed by atoms with Gasteiger partial charge in [-0.25, -0.2) is 17.9 Å². The van der Waals surface area contributed by atoms with Crippen LogP contribution in [-0.2, 0) is 14.8 Å². The summed E-state index contributed by atoms with van der Waals surface area (Å²) in [7, 11) is -3.89. The maximum absolute atomic E-state index is 13.6. The highest BCUT2D eigenvalue weighted by Gasteiger charge is 2.16. The smallest absolute Gasteiger partial charge is 0.238 e. The minimum absolute atomic E-state index is 0.0189. The number of nitrogens with two attached hydrogens (primary N) is 1. The minimum Gasteiger partial charge on any atom is -0.490 e. The van der Waals surface area contributed by atoms with Gasteiger partial charge >= 0.3 is 0 Å². The Morgan fingerprint density at radius 1 is 1.47 bits per heavy atom. The lowest BCUT2D eigenvalue weighted by atomic mass is 10.2. The number of ether oxygens (including phenoxy) is 2. The number of hydrogen-bond donors (Lipinski definition) is 1. The molecule has 1 fully saturated rings. The molecule has 1 heterocycles. The van der Waals surface area contributed by atoms with Crippen LogP contribution in [0.15, 0.2) is 23.1 Å². The van der Waals surface area contributed by atoms with E-state index in [1.54, 1.807) is 0 Å². The van der Waals surface area contributed by atoms with Gasteiger partial charge < -0.3 is 9.47 Å². The zero-order valence-electron chi connectivity index (χ0n) is 10.3.